The molecule has 4 nitrogen and oxygen atoms in total. The summed E-state index contributed by atoms with van der Waals surface area (Å²) in [6.07, 6.45) is 7.17. The van der Waals surface area contributed by atoms with Crippen LogP contribution in [-0.4, -0.2) is 26.3 Å². The molecule has 0 radical (unpaired) electrons. The van der Waals surface area contributed by atoms with E-state index in [1.165, 1.54) is 6.42 Å². The van der Waals surface area contributed by atoms with Crippen molar-refractivity contribution in [3.8, 4) is 0 Å². The second-order valence-corrected chi connectivity index (χ2v) is 6.75. The fraction of sp³-hybridized carbons (Fsp3) is 1.00. The Hall–Kier alpha value is -0.130. The van der Waals surface area contributed by atoms with Crippen LogP contribution in [0.3, 0.4) is 0 Å². The summed E-state index contributed by atoms with van der Waals surface area (Å²) in [5.74, 6) is 0.164. The summed E-state index contributed by atoms with van der Waals surface area (Å²) in [5.41, 5.74) is 5.32. The fourth-order valence-corrected chi connectivity index (χ4v) is 3.58. The highest BCUT2D eigenvalue weighted by atomic mass is 32.2. The van der Waals surface area contributed by atoms with E-state index >= 15 is 0 Å². The molecule has 1 saturated carbocycles. The van der Waals surface area contributed by atoms with Crippen molar-refractivity contribution in [2.75, 3.05) is 12.3 Å². The van der Waals surface area contributed by atoms with E-state index in [2.05, 4.69) is 4.72 Å². The third-order valence-electron chi connectivity index (χ3n) is 3.42. The van der Waals surface area contributed by atoms with Crippen LogP contribution in [0.2, 0.25) is 0 Å². The number of nitrogens with one attached hydrogen (secondary N) is 1. The molecule has 0 aromatic rings. The van der Waals surface area contributed by atoms with Crippen molar-refractivity contribution < 1.29 is 8.42 Å². The quantitative estimate of drug-likeness (QED) is 0.745. The van der Waals surface area contributed by atoms with Crippen LogP contribution in [0.1, 0.15) is 51.9 Å². The average Bonchev–Trinajstić information content (AvgIpc) is 2.27. The highest BCUT2D eigenvalue weighted by molar-refractivity contribution is 7.89. The summed E-state index contributed by atoms with van der Waals surface area (Å²) < 4.78 is 26.3. The first-order valence-electron chi connectivity index (χ1n) is 6.25. The molecule has 0 aromatic heterocycles. The molecule has 0 saturated heterocycles. The van der Waals surface area contributed by atoms with E-state index < -0.39 is 10.0 Å². The fourth-order valence-electron chi connectivity index (χ4n) is 2.47. The molecule has 0 aliphatic heterocycles. The summed E-state index contributed by atoms with van der Waals surface area (Å²) in [5, 5.41) is 0. The lowest BCUT2D eigenvalue weighted by Gasteiger charge is -2.37. The monoisotopic (exact) mass is 248 g/mol. The number of hydrogen-bond donors (Lipinski definition) is 2. The van der Waals surface area contributed by atoms with Crippen LogP contribution in [0.5, 0.6) is 0 Å². The molecule has 96 valence electrons. The maximum absolute atomic E-state index is 11.7. The van der Waals surface area contributed by atoms with Gasteiger partial charge in [-0.1, -0.05) is 19.3 Å². The Labute approximate surface area is 99.0 Å². The van der Waals surface area contributed by atoms with Crippen molar-refractivity contribution in [3.05, 3.63) is 0 Å². The molecule has 0 unspecified atom stereocenters. The Kier molecular flexibility index (Phi) is 5.21. The van der Waals surface area contributed by atoms with Crippen LogP contribution < -0.4 is 10.5 Å². The van der Waals surface area contributed by atoms with Crippen molar-refractivity contribution in [1.29, 1.82) is 0 Å². The highest BCUT2D eigenvalue weighted by Crippen LogP contribution is 2.32. The maximum Gasteiger partial charge on any atom is 0.211 e. The molecule has 16 heavy (non-hydrogen) atoms. The van der Waals surface area contributed by atoms with E-state index in [0.29, 0.717) is 6.54 Å². The Morgan fingerprint density at radius 2 is 1.88 bits per heavy atom. The zero-order chi connectivity index (χ0) is 12.1. The Bertz CT molecular complexity index is 295. The summed E-state index contributed by atoms with van der Waals surface area (Å²) >= 11 is 0. The Morgan fingerprint density at radius 1 is 1.25 bits per heavy atom. The smallest absolute Gasteiger partial charge is 0.211 e. The lowest BCUT2D eigenvalue weighted by molar-refractivity contribution is 0.248. The van der Waals surface area contributed by atoms with Crippen LogP contribution in [0.25, 0.3) is 0 Å². The molecule has 0 spiro atoms. The molecule has 3 N–H and O–H groups in total. The van der Waals surface area contributed by atoms with Gasteiger partial charge in [-0.3, -0.25) is 0 Å². The van der Waals surface area contributed by atoms with E-state index in [1.807, 2.05) is 0 Å². The SMILES string of the molecule is CCS(=O)(=O)NC1(CCCN)CCCCC1. The van der Waals surface area contributed by atoms with Crippen molar-refractivity contribution >= 4 is 10.0 Å². The van der Waals surface area contributed by atoms with Crippen LogP contribution in [0.4, 0.5) is 0 Å². The minimum Gasteiger partial charge on any atom is -0.330 e. The third-order valence-corrected chi connectivity index (χ3v) is 4.93. The van der Waals surface area contributed by atoms with Gasteiger partial charge in [0.1, 0.15) is 0 Å². The van der Waals surface area contributed by atoms with Gasteiger partial charge in [0.15, 0.2) is 0 Å². The highest BCUT2D eigenvalue weighted by Gasteiger charge is 2.34. The topological polar surface area (TPSA) is 72.2 Å². The van der Waals surface area contributed by atoms with Gasteiger partial charge >= 0.3 is 0 Å². The zero-order valence-corrected chi connectivity index (χ0v) is 11.0. The molecule has 0 bridgehead atoms. The minimum atomic E-state index is -3.10. The van der Waals surface area contributed by atoms with Gasteiger partial charge in [0, 0.05) is 5.54 Å². The van der Waals surface area contributed by atoms with E-state index in [0.717, 1.165) is 38.5 Å². The van der Waals surface area contributed by atoms with Crippen LogP contribution in [0.15, 0.2) is 0 Å². The first-order chi connectivity index (χ1) is 7.54. The molecule has 1 fully saturated rings. The molecular formula is C11H24N2O2S. The van der Waals surface area contributed by atoms with Gasteiger partial charge in [0.25, 0.3) is 0 Å². The standard InChI is InChI=1S/C11H24N2O2S/c1-2-16(14,15)13-11(9-6-10-12)7-4-3-5-8-11/h13H,2-10,12H2,1H3. The molecule has 0 heterocycles. The van der Waals surface area contributed by atoms with Gasteiger partial charge < -0.3 is 5.73 Å². The lowest BCUT2D eigenvalue weighted by atomic mass is 9.79. The second kappa shape index (κ2) is 5.98. The van der Waals surface area contributed by atoms with Crippen LogP contribution >= 0.6 is 0 Å². The number of nitrogens with two attached hydrogens (primary N) is 1. The molecule has 1 aliphatic rings. The second-order valence-electron chi connectivity index (χ2n) is 4.74. The summed E-state index contributed by atoms with van der Waals surface area (Å²) in [7, 11) is -3.10. The molecular weight excluding hydrogens is 224 g/mol. The summed E-state index contributed by atoms with van der Waals surface area (Å²) in [6, 6.07) is 0. The average molecular weight is 248 g/mol. The molecule has 0 amide bonds. The molecule has 0 atom stereocenters. The third kappa shape index (κ3) is 4.03. The molecule has 1 aliphatic carbocycles. The van der Waals surface area contributed by atoms with E-state index in [9.17, 15) is 8.42 Å². The first kappa shape index (κ1) is 13.9. The van der Waals surface area contributed by atoms with E-state index in [-0.39, 0.29) is 11.3 Å². The summed E-state index contributed by atoms with van der Waals surface area (Å²) in [4.78, 5) is 0. The number of hydrogen-bond acceptors (Lipinski definition) is 3. The molecule has 5 heteroatoms. The van der Waals surface area contributed by atoms with Gasteiger partial charge in [0.05, 0.1) is 5.75 Å². The van der Waals surface area contributed by atoms with Gasteiger partial charge in [-0.25, -0.2) is 13.1 Å². The van der Waals surface area contributed by atoms with Gasteiger partial charge in [-0.15, -0.1) is 0 Å². The lowest BCUT2D eigenvalue weighted by Crippen LogP contribution is -2.50. The predicted molar refractivity (Wildman–Crippen MR) is 66.7 cm³/mol. The number of sulfonamides is 1. The Morgan fingerprint density at radius 3 is 2.38 bits per heavy atom. The number of rotatable bonds is 6. The largest absolute Gasteiger partial charge is 0.330 e. The van der Waals surface area contributed by atoms with Crippen LogP contribution in [0, 0.1) is 0 Å². The molecule has 1 rings (SSSR count). The minimum absolute atomic E-state index is 0.164. The van der Waals surface area contributed by atoms with Crippen LogP contribution in [-0.2, 0) is 10.0 Å². The van der Waals surface area contributed by atoms with Crippen molar-refractivity contribution in [2.45, 2.75) is 57.4 Å². The summed E-state index contributed by atoms with van der Waals surface area (Å²) in [6.45, 7) is 2.32. The molecule has 0 aromatic carbocycles. The normalized spacial score (nSPS) is 20.9. The van der Waals surface area contributed by atoms with Crippen molar-refractivity contribution in [1.82, 2.24) is 4.72 Å². The van der Waals surface area contributed by atoms with Gasteiger partial charge in [-0.05, 0) is 39.2 Å². The van der Waals surface area contributed by atoms with E-state index in [4.69, 9.17) is 5.73 Å². The van der Waals surface area contributed by atoms with Gasteiger partial charge in [-0.2, -0.15) is 0 Å². The Balaban J connectivity index is 2.69. The predicted octanol–water partition coefficient (Wildman–Crippen LogP) is 1.37. The first-order valence-corrected chi connectivity index (χ1v) is 7.90. The maximum atomic E-state index is 11.7. The van der Waals surface area contributed by atoms with E-state index in [1.54, 1.807) is 6.92 Å². The van der Waals surface area contributed by atoms with Gasteiger partial charge in [0.2, 0.25) is 10.0 Å². The van der Waals surface area contributed by atoms with Crippen molar-refractivity contribution in [2.24, 2.45) is 5.73 Å². The van der Waals surface area contributed by atoms with Crippen molar-refractivity contribution in [3.63, 3.8) is 0 Å². The zero-order valence-electron chi connectivity index (χ0n) is 10.2.